The normalized spacial score (nSPS) is 12.9. The molecule has 17 heavy (non-hydrogen) atoms. The van der Waals surface area contributed by atoms with Crippen LogP contribution in [0.3, 0.4) is 0 Å². The van der Waals surface area contributed by atoms with Crippen LogP contribution < -0.4 is 5.32 Å². The van der Waals surface area contributed by atoms with E-state index < -0.39 is 0 Å². The van der Waals surface area contributed by atoms with Crippen molar-refractivity contribution in [2.75, 3.05) is 5.32 Å². The maximum atomic E-state index is 4.46. The molecular weight excluding hydrogens is 234 g/mol. The monoisotopic (exact) mass is 251 g/mol. The number of nitrogens with zero attached hydrogens (tertiary/aromatic N) is 3. The molecule has 92 valence electrons. The zero-order valence-corrected chi connectivity index (χ0v) is 11.1. The fourth-order valence-corrected chi connectivity index (χ4v) is 2.27. The molecule has 2 N–H and O–H groups in total. The van der Waals surface area contributed by atoms with E-state index >= 15 is 0 Å². The fourth-order valence-electron chi connectivity index (χ4n) is 1.51. The van der Waals surface area contributed by atoms with Crippen LogP contribution in [-0.2, 0) is 0 Å². The molecule has 0 bridgehead atoms. The Morgan fingerprint density at radius 3 is 2.82 bits per heavy atom. The molecule has 6 heteroatoms. The van der Waals surface area contributed by atoms with E-state index in [0.29, 0.717) is 5.92 Å². The molecule has 0 aliphatic rings. The molecule has 0 radical (unpaired) electrons. The Labute approximate surface area is 105 Å². The van der Waals surface area contributed by atoms with Gasteiger partial charge in [-0.1, -0.05) is 20.8 Å². The Bertz CT molecular complexity index is 448. The Balaban J connectivity index is 2.08. The third-order valence-electron chi connectivity index (χ3n) is 2.51. The van der Waals surface area contributed by atoms with E-state index in [1.807, 2.05) is 6.20 Å². The summed E-state index contributed by atoms with van der Waals surface area (Å²) < 4.78 is 4.32. The molecule has 2 aromatic rings. The van der Waals surface area contributed by atoms with Gasteiger partial charge in [-0.3, -0.25) is 0 Å². The van der Waals surface area contributed by atoms with Crippen molar-refractivity contribution in [3.8, 4) is 0 Å². The van der Waals surface area contributed by atoms with Crippen LogP contribution in [0.4, 0.5) is 5.13 Å². The van der Waals surface area contributed by atoms with Gasteiger partial charge in [0.05, 0.1) is 6.04 Å². The van der Waals surface area contributed by atoms with Gasteiger partial charge in [-0.15, -0.1) is 0 Å². The number of nitrogens with one attached hydrogen (secondary N) is 2. The van der Waals surface area contributed by atoms with E-state index in [1.54, 1.807) is 6.20 Å². The van der Waals surface area contributed by atoms with Gasteiger partial charge in [0.25, 0.3) is 0 Å². The lowest BCUT2D eigenvalue weighted by Crippen LogP contribution is -2.11. The maximum Gasteiger partial charge on any atom is 0.203 e. The third-order valence-corrected chi connectivity index (χ3v) is 3.17. The molecule has 2 heterocycles. The third kappa shape index (κ3) is 2.82. The summed E-state index contributed by atoms with van der Waals surface area (Å²) in [7, 11) is 0. The second-order valence-electron chi connectivity index (χ2n) is 4.19. The summed E-state index contributed by atoms with van der Waals surface area (Å²) in [5.74, 6) is 2.20. The summed E-state index contributed by atoms with van der Waals surface area (Å²) in [5.41, 5.74) is 0. The van der Waals surface area contributed by atoms with Crippen molar-refractivity contribution in [1.29, 1.82) is 0 Å². The lowest BCUT2D eigenvalue weighted by Gasteiger charge is -2.12. The summed E-state index contributed by atoms with van der Waals surface area (Å²) >= 11 is 1.40. The Hall–Kier alpha value is -1.43. The number of aromatic amines is 1. The number of hydrogen-bond donors (Lipinski definition) is 2. The highest BCUT2D eigenvalue weighted by molar-refractivity contribution is 7.09. The highest BCUT2D eigenvalue weighted by Crippen LogP contribution is 2.23. The smallest absolute Gasteiger partial charge is 0.203 e. The van der Waals surface area contributed by atoms with Gasteiger partial charge in [-0.05, 0) is 6.42 Å². The van der Waals surface area contributed by atoms with Crippen LogP contribution in [0, 0.1) is 0 Å². The predicted molar refractivity (Wildman–Crippen MR) is 69.2 cm³/mol. The first-order chi connectivity index (χ1) is 8.20. The van der Waals surface area contributed by atoms with Gasteiger partial charge in [0.1, 0.15) is 11.6 Å². The van der Waals surface area contributed by atoms with E-state index in [-0.39, 0.29) is 6.04 Å². The molecule has 0 aliphatic carbocycles. The van der Waals surface area contributed by atoms with Crippen molar-refractivity contribution < 1.29 is 0 Å². The van der Waals surface area contributed by atoms with Gasteiger partial charge >= 0.3 is 0 Å². The molecule has 0 spiro atoms. The highest BCUT2D eigenvalue weighted by atomic mass is 32.1. The van der Waals surface area contributed by atoms with Crippen molar-refractivity contribution in [2.45, 2.75) is 39.2 Å². The number of aromatic nitrogens is 4. The zero-order chi connectivity index (χ0) is 12.3. The van der Waals surface area contributed by atoms with Crippen LogP contribution in [0.25, 0.3) is 0 Å². The first-order valence-corrected chi connectivity index (χ1v) is 6.57. The highest BCUT2D eigenvalue weighted by Gasteiger charge is 2.14. The minimum atomic E-state index is 0.165. The fraction of sp³-hybridized carbons (Fsp3) is 0.545. The summed E-state index contributed by atoms with van der Waals surface area (Å²) in [5, 5.41) is 4.22. The van der Waals surface area contributed by atoms with Crippen LogP contribution >= 0.6 is 11.5 Å². The maximum absolute atomic E-state index is 4.46. The van der Waals surface area contributed by atoms with Crippen molar-refractivity contribution in [3.05, 3.63) is 24.0 Å². The minimum Gasteiger partial charge on any atom is -0.350 e. The van der Waals surface area contributed by atoms with Gasteiger partial charge in [0.15, 0.2) is 0 Å². The van der Waals surface area contributed by atoms with Gasteiger partial charge in [0.2, 0.25) is 5.13 Å². The average Bonchev–Trinajstić information content (AvgIpc) is 2.96. The number of hydrogen-bond acceptors (Lipinski definition) is 5. The Morgan fingerprint density at radius 2 is 2.29 bits per heavy atom. The van der Waals surface area contributed by atoms with Gasteiger partial charge in [0, 0.05) is 29.8 Å². The lowest BCUT2D eigenvalue weighted by molar-refractivity contribution is 0.701. The van der Waals surface area contributed by atoms with E-state index in [0.717, 1.165) is 23.2 Å². The SMILES string of the molecule is CCC(Nc1nc(C(C)C)ns1)c1ncc[nH]1. The van der Waals surface area contributed by atoms with Gasteiger partial charge in [-0.25, -0.2) is 9.97 Å². The van der Waals surface area contributed by atoms with E-state index in [9.17, 15) is 0 Å². The molecule has 0 aliphatic heterocycles. The van der Waals surface area contributed by atoms with Crippen molar-refractivity contribution in [1.82, 2.24) is 19.3 Å². The van der Waals surface area contributed by atoms with Crippen molar-refractivity contribution in [2.24, 2.45) is 0 Å². The second kappa shape index (κ2) is 5.27. The second-order valence-corrected chi connectivity index (χ2v) is 4.94. The predicted octanol–water partition coefficient (Wildman–Crippen LogP) is 2.95. The standard InChI is InChI=1S/C11H17N5S/c1-4-8(10-12-5-6-13-10)14-11-15-9(7(2)3)16-17-11/h5-8H,4H2,1-3H3,(H,12,13)(H,14,15,16). The van der Waals surface area contributed by atoms with Crippen LogP contribution in [0.1, 0.15) is 50.8 Å². The molecule has 2 rings (SSSR count). The molecular formula is C11H17N5S. The van der Waals surface area contributed by atoms with Gasteiger partial charge in [-0.2, -0.15) is 4.37 Å². The van der Waals surface area contributed by atoms with Crippen LogP contribution in [0.2, 0.25) is 0 Å². The first kappa shape index (κ1) is 12.0. The summed E-state index contributed by atoms with van der Waals surface area (Å²) in [6.45, 7) is 6.30. The van der Waals surface area contributed by atoms with Crippen LogP contribution in [-0.4, -0.2) is 19.3 Å². The first-order valence-electron chi connectivity index (χ1n) is 5.80. The van der Waals surface area contributed by atoms with E-state index in [4.69, 9.17) is 0 Å². The average molecular weight is 251 g/mol. The van der Waals surface area contributed by atoms with E-state index in [1.165, 1.54) is 11.5 Å². The summed E-state index contributed by atoms with van der Waals surface area (Å²) in [4.78, 5) is 11.8. The molecule has 0 aromatic carbocycles. The zero-order valence-electron chi connectivity index (χ0n) is 10.3. The van der Waals surface area contributed by atoms with Gasteiger partial charge < -0.3 is 10.3 Å². The summed E-state index contributed by atoms with van der Waals surface area (Å²) in [6, 6.07) is 0.165. The Morgan fingerprint density at radius 1 is 1.47 bits per heavy atom. The van der Waals surface area contributed by atoms with Crippen molar-refractivity contribution in [3.63, 3.8) is 0 Å². The quantitative estimate of drug-likeness (QED) is 0.857. The molecule has 0 saturated heterocycles. The minimum absolute atomic E-state index is 0.165. The number of rotatable bonds is 5. The topological polar surface area (TPSA) is 66.5 Å². The molecule has 1 atom stereocenters. The largest absolute Gasteiger partial charge is 0.350 e. The molecule has 1 unspecified atom stereocenters. The molecule has 2 aromatic heterocycles. The number of imidazole rings is 1. The van der Waals surface area contributed by atoms with E-state index in [2.05, 4.69) is 45.4 Å². The van der Waals surface area contributed by atoms with Crippen LogP contribution in [0.15, 0.2) is 12.4 Å². The Kier molecular flexibility index (Phi) is 3.73. The molecule has 5 nitrogen and oxygen atoms in total. The molecule has 0 saturated carbocycles. The number of anilines is 1. The number of H-pyrrole nitrogens is 1. The lowest BCUT2D eigenvalue weighted by atomic mass is 10.2. The van der Waals surface area contributed by atoms with Crippen molar-refractivity contribution >= 4 is 16.7 Å². The molecule has 0 amide bonds. The summed E-state index contributed by atoms with van der Waals surface area (Å²) in [6.07, 6.45) is 4.54. The van der Waals surface area contributed by atoms with Crippen LogP contribution in [0.5, 0.6) is 0 Å². The molecule has 0 fully saturated rings.